The van der Waals surface area contributed by atoms with Crippen molar-refractivity contribution in [2.24, 2.45) is 0 Å². The van der Waals surface area contributed by atoms with Crippen molar-refractivity contribution in [3.8, 4) is 0 Å². The van der Waals surface area contributed by atoms with Gasteiger partial charge in [0.15, 0.2) is 0 Å². The van der Waals surface area contributed by atoms with Crippen LogP contribution in [0.4, 0.5) is 0 Å². The fraction of sp³-hybridized carbons (Fsp3) is 0. The van der Waals surface area contributed by atoms with E-state index in [0.717, 1.165) is 3.57 Å². The number of hydrogen-bond donors (Lipinski definition) is 0. The van der Waals surface area contributed by atoms with Crippen molar-refractivity contribution in [3.05, 3.63) is 33.0 Å². The second-order valence-corrected chi connectivity index (χ2v) is 5.39. The summed E-state index contributed by atoms with van der Waals surface area (Å²) in [5.41, 5.74) is 0.513. The van der Waals surface area contributed by atoms with Crippen LogP contribution in [0.25, 0.3) is 10.9 Å². The molecule has 0 spiro atoms. The van der Waals surface area contributed by atoms with Gasteiger partial charge >= 0.3 is 29.6 Å². The molecule has 2 aromatic rings. The second-order valence-electron chi connectivity index (χ2n) is 2.83. The average Bonchev–Trinajstić information content (AvgIpc) is 2.17. The molecule has 2 rings (SSSR count). The van der Waals surface area contributed by atoms with Gasteiger partial charge < -0.3 is 4.55 Å². The summed E-state index contributed by atoms with van der Waals surface area (Å²) in [6.45, 7) is 0. The molecule has 0 saturated heterocycles. The summed E-state index contributed by atoms with van der Waals surface area (Å²) in [7, 11) is 0. The van der Waals surface area contributed by atoms with Gasteiger partial charge in [-0.3, -0.25) is 9.19 Å². The van der Waals surface area contributed by atoms with Gasteiger partial charge in [-0.25, -0.2) is 0 Å². The Labute approximate surface area is 136 Å². The topological polar surface area (TPSA) is 53.0 Å². The molecule has 0 aliphatic heterocycles. The molecule has 1 aromatic carbocycles. The van der Waals surface area contributed by atoms with Crippen molar-refractivity contribution in [2.45, 2.75) is 4.90 Å². The Hall–Kier alpha value is 0.760. The van der Waals surface area contributed by atoms with Gasteiger partial charge in [-0.2, -0.15) is 0 Å². The Balaban J connectivity index is 0.00000128. The van der Waals surface area contributed by atoms with Crippen molar-refractivity contribution in [1.29, 1.82) is 0 Å². The normalized spacial score (nSPS) is 12.2. The van der Waals surface area contributed by atoms with Crippen LogP contribution in [-0.4, -0.2) is 13.7 Å². The van der Waals surface area contributed by atoms with Crippen LogP contribution in [0.15, 0.2) is 29.3 Å². The Morgan fingerprint density at radius 3 is 2.75 bits per heavy atom. The van der Waals surface area contributed by atoms with E-state index in [-0.39, 0.29) is 34.5 Å². The summed E-state index contributed by atoms with van der Waals surface area (Å²) < 4.78 is 22.8. The zero-order valence-electron chi connectivity index (χ0n) is 8.24. The van der Waals surface area contributed by atoms with Crippen LogP contribution >= 0.6 is 34.2 Å². The molecule has 0 N–H and O–H groups in total. The van der Waals surface area contributed by atoms with E-state index < -0.39 is 11.1 Å². The van der Waals surface area contributed by atoms with E-state index in [1.165, 1.54) is 12.1 Å². The molecular weight excluding hydrogens is 372 g/mol. The molecule has 1 atom stereocenters. The maximum absolute atomic E-state index is 11.0. The fourth-order valence-electron chi connectivity index (χ4n) is 1.28. The third-order valence-electron chi connectivity index (χ3n) is 1.91. The molecule has 1 aromatic heterocycles. The van der Waals surface area contributed by atoms with E-state index in [1.54, 1.807) is 12.3 Å². The fourth-order valence-corrected chi connectivity index (χ4v) is 2.46. The zero-order valence-corrected chi connectivity index (χ0v) is 14.0. The summed E-state index contributed by atoms with van der Waals surface area (Å²) in [6.07, 6.45) is 1.65. The molecule has 3 nitrogen and oxygen atoms in total. The molecule has 0 bridgehead atoms. The first-order valence-electron chi connectivity index (χ1n) is 3.92. The van der Waals surface area contributed by atoms with Crippen molar-refractivity contribution in [1.82, 2.24) is 4.98 Å². The van der Waals surface area contributed by atoms with Crippen molar-refractivity contribution < 1.29 is 38.3 Å². The maximum Gasteiger partial charge on any atom is 1.00 e. The van der Waals surface area contributed by atoms with Crippen LogP contribution in [0.2, 0.25) is 5.02 Å². The summed E-state index contributed by atoms with van der Waals surface area (Å²) in [5.74, 6) is 0. The van der Waals surface area contributed by atoms with Crippen molar-refractivity contribution >= 4 is 56.2 Å². The molecule has 78 valence electrons. The van der Waals surface area contributed by atoms with Crippen LogP contribution in [0.3, 0.4) is 0 Å². The van der Waals surface area contributed by atoms with Crippen LogP contribution in [0.5, 0.6) is 0 Å². The van der Waals surface area contributed by atoms with E-state index in [0.29, 0.717) is 15.9 Å². The first-order chi connectivity index (χ1) is 7.09. The smallest absolute Gasteiger partial charge is 0.768 e. The van der Waals surface area contributed by atoms with Gasteiger partial charge in [0.2, 0.25) is 0 Å². The van der Waals surface area contributed by atoms with Crippen LogP contribution in [0, 0.1) is 3.57 Å². The summed E-state index contributed by atoms with van der Waals surface area (Å²) in [5, 5.41) is 1.01. The first-order valence-corrected chi connectivity index (χ1v) is 6.46. The minimum absolute atomic E-state index is 0. The van der Waals surface area contributed by atoms with Gasteiger partial charge in [0.1, 0.15) is 0 Å². The Morgan fingerprint density at radius 2 is 2.12 bits per heavy atom. The van der Waals surface area contributed by atoms with Gasteiger partial charge in [0.25, 0.3) is 0 Å². The summed E-state index contributed by atoms with van der Waals surface area (Å²) in [4.78, 5) is 4.33. The molecule has 0 fully saturated rings. The monoisotopic (exact) mass is 375 g/mol. The Bertz CT molecular complexity index is 566. The van der Waals surface area contributed by atoms with Gasteiger partial charge in [0, 0.05) is 20.0 Å². The summed E-state index contributed by atoms with van der Waals surface area (Å²) >= 11 is 5.72. The van der Waals surface area contributed by atoms with E-state index >= 15 is 0 Å². The Kier molecular flexibility index (Phi) is 5.63. The second kappa shape index (κ2) is 6.08. The predicted molar refractivity (Wildman–Crippen MR) is 66.7 cm³/mol. The minimum atomic E-state index is -2.27. The van der Waals surface area contributed by atoms with Crippen LogP contribution in [0.1, 0.15) is 0 Å². The quantitative estimate of drug-likeness (QED) is 0.392. The molecule has 1 heterocycles. The number of halogens is 2. The third-order valence-corrected chi connectivity index (χ3v) is 3.52. The molecule has 0 radical (unpaired) electrons. The van der Waals surface area contributed by atoms with Crippen LogP contribution < -0.4 is 29.6 Å². The molecule has 0 amide bonds. The van der Waals surface area contributed by atoms with Crippen molar-refractivity contribution in [3.63, 3.8) is 0 Å². The number of fused-ring (bicyclic) bond motifs is 1. The van der Waals surface area contributed by atoms with E-state index in [4.69, 9.17) is 11.6 Å². The minimum Gasteiger partial charge on any atom is -0.768 e. The number of pyridine rings is 1. The molecule has 1 unspecified atom stereocenters. The van der Waals surface area contributed by atoms with Gasteiger partial charge in [-0.1, -0.05) is 11.6 Å². The Morgan fingerprint density at radius 1 is 1.44 bits per heavy atom. The molecule has 7 heteroatoms. The van der Waals surface area contributed by atoms with Crippen molar-refractivity contribution in [2.75, 3.05) is 0 Å². The number of aromatic nitrogens is 1. The first kappa shape index (κ1) is 14.8. The molecule has 0 saturated carbocycles. The van der Waals surface area contributed by atoms with Gasteiger partial charge in [-0.05, 0) is 51.9 Å². The zero-order chi connectivity index (χ0) is 11.0. The predicted octanol–water partition coefficient (Wildman–Crippen LogP) is -0.265. The number of hydrogen-bond acceptors (Lipinski definition) is 3. The maximum atomic E-state index is 11.0. The van der Waals surface area contributed by atoms with Crippen LogP contribution in [-0.2, 0) is 11.1 Å². The largest absolute Gasteiger partial charge is 1.00 e. The molecular formula is C9H4ClINNaO2S. The number of rotatable bonds is 1. The van der Waals surface area contributed by atoms with Gasteiger partial charge in [0.05, 0.1) is 10.5 Å². The average molecular weight is 376 g/mol. The number of nitrogens with zero attached hydrogens (tertiary/aromatic N) is 1. The van der Waals surface area contributed by atoms with E-state index in [9.17, 15) is 8.76 Å². The molecule has 0 aliphatic rings. The standard InChI is InChI=1S/C9H5ClINO2S.Na/c10-7-1-2-8(15(13)14)6-3-5(11)4-12-9(6)7;/h1-4H,(H,13,14);/q;+1/p-1. The molecule has 0 aliphatic carbocycles. The SMILES string of the molecule is O=S([O-])c1ccc(Cl)c2ncc(I)cc12.[Na+]. The van der Waals surface area contributed by atoms with Gasteiger partial charge in [-0.15, -0.1) is 0 Å². The summed E-state index contributed by atoms with van der Waals surface area (Å²) in [6, 6.07) is 4.76. The number of benzene rings is 1. The van der Waals surface area contributed by atoms with E-state index in [2.05, 4.69) is 27.6 Å². The third kappa shape index (κ3) is 2.95. The van der Waals surface area contributed by atoms with E-state index in [1.807, 2.05) is 0 Å². The molecule has 16 heavy (non-hydrogen) atoms.